The van der Waals surface area contributed by atoms with Gasteiger partial charge in [0.05, 0.1) is 31.6 Å². The molecule has 3 rings (SSSR count). The fraction of sp³-hybridized carbons (Fsp3) is 0.739. The molecular weight excluding hydrogens is 385 g/mol. The van der Waals surface area contributed by atoms with Crippen LogP contribution in [0.15, 0.2) is 12.1 Å². The molecule has 1 aromatic rings. The molecule has 2 fully saturated rings. The van der Waals surface area contributed by atoms with E-state index in [1.165, 1.54) is 25.7 Å². The molecule has 0 aromatic carbocycles. The van der Waals surface area contributed by atoms with Gasteiger partial charge in [0, 0.05) is 19.7 Å². The Hall–Kier alpha value is -1.89. The van der Waals surface area contributed by atoms with Crippen molar-refractivity contribution in [3.8, 4) is 5.88 Å². The first-order valence-corrected chi connectivity index (χ1v) is 11.4. The molecule has 2 aliphatic rings. The van der Waals surface area contributed by atoms with Crippen molar-refractivity contribution in [2.45, 2.75) is 58.4 Å². The van der Waals surface area contributed by atoms with E-state index < -0.39 is 6.67 Å². The van der Waals surface area contributed by atoms with Crippen LogP contribution >= 0.6 is 0 Å². The Balaban J connectivity index is 1.66. The maximum Gasteiger partial charge on any atom is 0.270 e. The summed E-state index contributed by atoms with van der Waals surface area (Å²) in [5.74, 6) is 1.37. The summed E-state index contributed by atoms with van der Waals surface area (Å²) in [6, 6.07) is 3.61. The molecule has 1 saturated heterocycles. The predicted octanol–water partition coefficient (Wildman–Crippen LogP) is 3.99. The summed E-state index contributed by atoms with van der Waals surface area (Å²) in [6.45, 7) is 7.22. The highest BCUT2D eigenvalue weighted by Gasteiger charge is 2.25. The molecule has 1 unspecified atom stereocenters. The van der Waals surface area contributed by atoms with Crippen molar-refractivity contribution in [3.05, 3.63) is 17.8 Å². The number of halogens is 1. The highest BCUT2D eigenvalue weighted by Crippen LogP contribution is 2.33. The molecule has 0 spiro atoms. The number of carbonyl (C=O) groups excluding carboxylic acids is 1. The highest BCUT2D eigenvalue weighted by atomic mass is 19.1. The number of aromatic nitrogens is 1. The minimum Gasteiger partial charge on any atom is -0.476 e. The van der Waals surface area contributed by atoms with Crippen molar-refractivity contribution in [2.75, 3.05) is 44.5 Å². The van der Waals surface area contributed by atoms with Crippen molar-refractivity contribution >= 4 is 11.6 Å². The van der Waals surface area contributed by atoms with Gasteiger partial charge in [0.25, 0.3) is 5.91 Å². The number of alkyl halides is 1. The van der Waals surface area contributed by atoms with Crippen LogP contribution < -0.4 is 15.0 Å². The minimum atomic E-state index is -0.391. The zero-order valence-electron chi connectivity index (χ0n) is 18.4. The maximum atomic E-state index is 12.9. The molecule has 1 aliphatic heterocycles. The van der Waals surface area contributed by atoms with Crippen LogP contribution in [0.5, 0.6) is 5.88 Å². The number of hydrogen-bond donors (Lipinski definition) is 1. The second-order valence-electron chi connectivity index (χ2n) is 8.89. The van der Waals surface area contributed by atoms with Gasteiger partial charge in [0.15, 0.2) is 0 Å². The molecule has 1 aliphatic carbocycles. The Morgan fingerprint density at radius 2 is 2.07 bits per heavy atom. The zero-order valence-corrected chi connectivity index (χ0v) is 18.4. The molecule has 168 valence electrons. The van der Waals surface area contributed by atoms with E-state index in [-0.39, 0.29) is 11.9 Å². The minimum absolute atomic E-state index is 0.131. The Morgan fingerprint density at radius 3 is 2.73 bits per heavy atom. The van der Waals surface area contributed by atoms with E-state index in [1.807, 2.05) is 6.07 Å². The summed E-state index contributed by atoms with van der Waals surface area (Å²) in [7, 11) is 0. The number of anilines is 1. The standard InChI is InChI=1S/C23H36FN3O3/c1-17(2)14-19(16-29-13-5-10-24)25-22(28)20-8-9-21(27-11-3-4-12-27)23(26-20)30-15-18-6-7-18/h8-9,17-19H,3-7,10-16H2,1-2H3,(H,25,28). The molecule has 1 aromatic heterocycles. The lowest BCUT2D eigenvalue weighted by Gasteiger charge is -2.22. The summed E-state index contributed by atoms with van der Waals surface area (Å²) >= 11 is 0. The molecule has 1 saturated carbocycles. The molecule has 2 heterocycles. The first-order chi connectivity index (χ1) is 14.6. The van der Waals surface area contributed by atoms with Crippen molar-refractivity contribution in [1.29, 1.82) is 0 Å². The third-order valence-electron chi connectivity index (χ3n) is 5.50. The maximum absolute atomic E-state index is 12.9. The third kappa shape index (κ3) is 7.11. The van der Waals surface area contributed by atoms with E-state index in [4.69, 9.17) is 9.47 Å². The van der Waals surface area contributed by atoms with E-state index in [0.717, 1.165) is 25.2 Å². The topological polar surface area (TPSA) is 63.7 Å². The lowest BCUT2D eigenvalue weighted by atomic mass is 10.0. The third-order valence-corrected chi connectivity index (χ3v) is 5.50. The molecule has 7 heteroatoms. The van der Waals surface area contributed by atoms with Crippen LogP contribution in [0.4, 0.5) is 10.1 Å². The van der Waals surface area contributed by atoms with Crippen LogP contribution in [0.1, 0.15) is 62.9 Å². The number of pyridine rings is 1. The molecule has 1 amide bonds. The van der Waals surface area contributed by atoms with Gasteiger partial charge in [-0.2, -0.15) is 0 Å². The Bertz CT molecular complexity index is 676. The number of nitrogens with one attached hydrogen (secondary N) is 1. The number of ether oxygens (including phenoxy) is 2. The van der Waals surface area contributed by atoms with Crippen LogP contribution in [0.2, 0.25) is 0 Å². The molecular formula is C23H36FN3O3. The van der Waals surface area contributed by atoms with Gasteiger partial charge in [-0.1, -0.05) is 13.8 Å². The van der Waals surface area contributed by atoms with Gasteiger partial charge in [-0.3, -0.25) is 9.18 Å². The lowest BCUT2D eigenvalue weighted by Crippen LogP contribution is -2.39. The summed E-state index contributed by atoms with van der Waals surface area (Å²) in [4.78, 5) is 19.8. The zero-order chi connectivity index (χ0) is 21.3. The van der Waals surface area contributed by atoms with Crippen LogP contribution in [0, 0.1) is 11.8 Å². The number of carbonyl (C=O) groups is 1. The number of rotatable bonds is 13. The van der Waals surface area contributed by atoms with Crippen molar-refractivity contribution in [3.63, 3.8) is 0 Å². The molecule has 30 heavy (non-hydrogen) atoms. The lowest BCUT2D eigenvalue weighted by molar-refractivity contribution is 0.0789. The SMILES string of the molecule is CC(C)CC(COCCCF)NC(=O)c1ccc(N2CCCC2)c(OCC2CC2)n1. The monoisotopic (exact) mass is 421 g/mol. The first kappa shape index (κ1) is 22.8. The molecule has 0 bridgehead atoms. The average molecular weight is 422 g/mol. The van der Waals surface area contributed by atoms with Gasteiger partial charge >= 0.3 is 0 Å². The van der Waals surface area contributed by atoms with Gasteiger partial charge in [-0.15, -0.1) is 0 Å². The van der Waals surface area contributed by atoms with E-state index in [9.17, 15) is 9.18 Å². The fourth-order valence-corrected chi connectivity index (χ4v) is 3.72. The van der Waals surface area contributed by atoms with Gasteiger partial charge in [0.1, 0.15) is 5.69 Å². The van der Waals surface area contributed by atoms with E-state index >= 15 is 0 Å². The highest BCUT2D eigenvalue weighted by molar-refractivity contribution is 5.93. The van der Waals surface area contributed by atoms with Crippen LogP contribution in [0.3, 0.4) is 0 Å². The smallest absolute Gasteiger partial charge is 0.270 e. The van der Waals surface area contributed by atoms with Crippen molar-refractivity contribution in [1.82, 2.24) is 10.3 Å². The van der Waals surface area contributed by atoms with E-state index in [2.05, 4.69) is 29.0 Å². The number of amides is 1. The van der Waals surface area contributed by atoms with Gasteiger partial charge < -0.3 is 19.7 Å². The van der Waals surface area contributed by atoms with Gasteiger partial charge in [-0.25, -0.2) is 4.98 Å². The summed E-state index contributed by atoms with van der Waals surface area (Å²) in [5.41, 5.74) is 1.35. The first-order valence-electron chi connectivity index (χ1n) is 11.4. The largest absolute Gasteiger partial charge is 0.476 e. The Morgan fingerprint density at radius 1 is 1.30 bits per heavy atom. The van der Waals surface area contributed by atoms with Crippen LogP contribution in [0.25, 0.3) is 0 Å². The Labute approximate surface area is 179 Å². The van der Waals surface area contributed by atoms with Crippen molar-refractivity contribution in [2.24, 2.45) is 11.8 Å². The normalized spacial score (nSPS) is 17.4. The molecule has 1 N–H and O–H groups in total. The molecule has 6 nitrogen and oxygen atoms in total. The second kappa shape index (κ2) is 11.5. The predicted molar refractivity (Wildman–Crippen MR) is 116 cm³/mol. The summed E-state index contributed by atoms with van der Waals surface area (Å²) < 4.78 is 23.9. The van der Waals surface area contributed by atoms with E-state index in [1.54, 1.807) is 6.07 Å². The molecule has 0 radical (unpaired) electrons. The quantitative estimate of drug-likeness (QED) is 0.488. The second-order valence-corrected chi connectivity index (χ2v) is 8.89. The Kier molecular flexibility index (Phi) is 8.73. The summed E-state index contributed by atoms with van der Waals surface area (Å²) in [5, 5.41) is 3.05. The average Bonchev–Trinajstić information content (AvgIpc) is 3.40. The van der Waals surface area contributed by atoms with Gasteiger partial charge in [-0.05, 0) is 62.5 Å². The van der Waals surface area contributed by atoms with E-state index in [0.29, 0.717) is 49.7 Å². The fourth-order valence-electron chi connectivity index (χ4n) is 3.72. The molecule has 1 atom stereocenters. The van der Waals surface area contributed by atoms with Crippen LogP contribution in [-0.4, -0.2) is 56.5 Å². The van der Waals surface area contributed by atoms with Crippen LogP contribution in [-0.2, 0) is 4.74 Å². The van der Waals surface area contributed by atoms with Gasteiger partial charge in [0.2, 0.25) is 5.88 Å². The summed E-state index contributed by atoms with van der Waals surface area (Å²) in [6.07, 6.45) is 5.92. The number of hydrogen-bond acceptors (Lipinski definition) is 5. The van der Waals surface area contributed by atoms with Crippen molar-refractivity contribution < 1.29 is 18.7 Å². The number of nitrogens with zero attached hydrogens (tertiary/aromatic N) is 2.